The van der Waals surface area contributed by atoms with Crippen LogP contribution in [0.1, 0.15) is 25.7 Å². The first-order valence-electron chi connectivity index (χ1n) is 6.88. The highest BCUT2D eigenvalue weighted by Crippen LogP contribution is 2.28. The zero-order valence-corrected chi connectivity index (χ0v) is 11.0. The number of anilines is 2. The van der Waals surface area contributed by atoms with Crippen LogP contribution in [0.3, 0.4) is 0 Å². The molecule has 0 radical (unpaired) electrons. The van der Waals surface area contributed by atoms with Crippen molar-refractivity contribution in [3.63, 3.8) is 0 Å². The standard InChI is InChI=1S/C16H19N3/c17-15-5-6-16(14-11-18-9-8-13(14)15)19-10-7-12-3-1-2-4-12/h3,5-6,8-9,11,19H,1-2,4,7,10,17H2. The van der Waals surface area contributed by atoms with Crippen LogP contribution in [0.4, 0.5) is 11.4 Å². The van der Waals surface area contributed by atoms with Crippen LogP contribution in [-0.4, -0.2) is 11.5 Å². The molecule has 0 bridgehead atoms. The molecule has 0 unspecified atom stereocenters. The van der Waals surface area contributed by atoms with Gasteiger partial charge in [-0.05, 0) is 43.9 Å². The first kappa shape index (κ1) is 12.0. The number of fused-ring (bicyclic) bond motifs is 1. The van der Waals surface area contributed by atoms with Crippen molar-refractivity contribution in [2.45, 2.75) is 25.7 Å². The fourth-order valence-electron chi connectivity index (χ4n) is 2.69. The van der Waals surface area contributed by atoms with Crippen molar-refractivity contribution in [2.24, 2.45) is 0 Å². The van der Waals surface area contributed by atoms with Crippen molar-refractivity contribution >= 4 is 22.1 Å². The van der Waals surface area contributed by atoms with Crippen molar-refractivity contribution in [2.75, 3.05) is 17.6 Å². The lowest BCUT2D eigenvalue weighted by atomic mass is 10.1. The van der Waals surface area contributed by atoms with E-state index in [0.29, 0.717) is 0 Å². The summed E-state index contributed by atoms with van der Waals surface area (Å²) >= 11 is 0. The minimum absolute atomic E-state index is 0.807. The van der Waals surface area contributed by atoms with Gasteiger partial charge in [-0.1, -0.05) is 11.6 Å². The molecule has 0 saturated carbocycles. The molecule has 0 atom stereocenters. The average Bonchev–Trinajstić information content (AvgIpc) is 2.95. The molecule has 3 heteroatoms. The highest BCUT2D eigenvalue weighted by atomic mass is 14.9. The summed E-state index contributed by atoms with van der Waals surface area (Å²) < 4.78 is 0. The third-order valence-electron chi connectivity index (χ3n) is 3.75. The summed E-state index contributed by atoms with van der Waals surface area (Å²) in [6, 6.07) is 5.97. The van der Waals surface area contributed by atoms with E-state index in [1.807, 2.05) is 24.4 Å². The van der Waals surface area contributed by atoms with Crippen molar-refractivity contribution in [3.05, 3.63) is 42.2 Å². The summed E-state index contributed by atoms with van der Waals surface area (Å²) in [6.07, 6.45) is 11.0. The molecule has 0 amide bonds. The Morgan fingerprint density at radius 3 is 3.00 bits per heavy atom. The van der Waals surface area contributed by atoms with Gasteiger partial charge in [-0.3, -0.25) is 4.98 Å². The van der Waals surface area contributed by atoms with E-state index >= 15 is 0 Å². The maximum absolute atomic E-state index is 5.99. The molecule has 1 aromatic carbocycles. The molecule has 19 heavy (non-hydrogen) atoms. The Bertz CT molecular complexity index is 616. The van der Waals surface area contributed by atoms with E-state index in [1.165, 1.54) is 19.3 Å². The van der Waals surface area contributed by atoms with Crippen LogP contribution in [0.15, 0.2) is 42.2 Å². The molecule has 1 aliphatic rings. The second-order valence-electron chi connectivity index (χ2n) is 5.05. The van der Waals surface area contributed by atoms with Gasteiger partial charge in [0.2, 0.25) is 0 Å². The van der Waals surface area contributed by atoms with Crippen LogP contribution in [0.2, 0.25) is 0 Å². The van der Waals surface area contributed by atoms with E-state index in [4.69, 9.17) is 5.73 Å². The van der Waals surface area contributed by atoms with Gasteiger partial charge in [0, 0.05) is 41.1 Å². The number of hydrogen-bond donors (Lipinski definition) is 2. The van der Waals surface area contributed by atoms with Crippen molar-refractivity contribution in [1.82, 2.24) is 4.98 Å². The monoisotopic (exact) mass is 253 g/mol. The molecule has 1 aliphatic carbocycles. The average molecular weight is 253 g/mol. The second kappa shape index (κ2) is 5.31. The van der Waals surface area contributed by atoms with Gasteiger partial charge in [0.25, 0.3) is 0 Å². The van der Waals surface area contributed by atoms with Gasteiger partial charge in [0.1, 0.15) is 0 Å². The van der Waals surface area contributed by atoms with E-state index in [-0.39, 0.29) is 0 Å². The van der Waals surface area contributed by atoms with Gasteiger partial charge < -0.3 is 11.1 Å². The third kappa shape index (κ3) is 2.55. The molecule has 1 aromatic heterocycles. The predicted molar refractivity (Wildman–Crippen MR) is 81.2 cm³/mol. The fraction of sp³-hybridized carbons (Fsp3) is 0.312. The Morgan fingerprint density at radius 1 is 1.21 bits per heavy atom. The molecule has 0 fully saturated rings. The fourth-order valence-corrected chi connectivity index (χ4v) is 2.69. The summed E-state index contributed by atoms with van der Waals surface area (Å²) in [6.45, 7) is 0.972. The summed E-state index contributed by atoms with van der Waals surface area (Å²) in [5.74, 6) is 0. The minimum atomic E-state index is 0.807. The van der Waals surface area contributed by atoms with E-state index in [2.05, 4.69) is 16.4 Å². The Labute approximate surface area is 113 Å². The molecule has 2 aromatic rings. The number of hydrogen-bond acceptors (Lipinski definition) is 3. The molecule has 3 N–H and O–H groups in total. The number of pyridine rings is 1. The quantitative estimate of drug-likeness (QED) is 0.645. The number of nitrogens with two attached hydrogens (primary N) is 1. The molecule has 0 aliphatic heterocycles. The molecule has 0 spiro atoms. The van der Waals surface area contributed by atoms with Gasteiger partial charge in [0.15, 0.2) is 0 Å². The van der Waals surface area contributed by atoms with Gasteiger partial charge in [-0.15, -0.1) is 0 Å². The molecular weight excluding hydrogens is 234 g/mol. The van der Waals surface area contributed by atoms with Crippen LogP contribution < -0.4 is 11.1 Å². The number of allylic oxidation sites excluding steroid dienone is 1. The van der Waals surface area contributed by atoms with Crippen LogP contribution in [-0.2, 0) is 0 Å². The summed E-state index contributed by atoms with van der Waals surface area (Å²) in [7, 11) is 0. The van der Waals surface area contributed by atoms with Crippen LogP contribution >= 0.6 is 0 Å². The largest absolute Gasteiger partial charge is 0.398 e. The van der Waals surface area contributed by atoms with Gasteiger partial charge in [-0.2, -0.15) is 0 Å². The Kier molecular flexibility index (Phi) is 3.36. The number of benzene rings is 1. The van der Waals surface area contributed by atoms with E-state index in [0.717, 1.165) is 35.1 Å². The van der Waals surface area contributed by atoms with Crippen molar-refractivity contribution < 1.29 is 0 Å². The van der Waals surface area contributed by atoms with E-state index in [1.54, 1.807) is 11.8 Å². The molecule has 1 heterocycles. The topological polar surface area (TPSA) is 50.9 Å². The number of nitrogens with zero attached hydrogens (tertiary/aromatic N) is 1. The smallest absolute Gasteiger partial charge is 0.0437 e. The maximum Gasteiger partial charge on any atom is 0.0437 e. The third-order valence-corrected chi connectivity index (χ3v) is 3.75. The highest BCUT2D eigenvalue weighted by molar-refractivity contribution is 6.00. The molecule has 0 saturated heterocycles. The lowest BCUT2D eigenvalue weighted by Gasteiger charge is -2.11. The predicted octanol–water partition coefficient (Wildman–Crippen LogP) is 3.73. The lowest BCUT2D eigenvalue weighted by molar-refractivity contribution is 0.864. The molecular formula is C16H19N3. The Balaban J connectivity index is 1.75. The first-order valence-corrected chi connectivity index (χ1v) is 6.88. The first-order chi connectivity index (χ1) is 9.34. The number of aromatic nitrogens is 1. The molecule has 3 rings (SSSR count). The summed E-state index contributed by atoms with van der Waals surface area (Å²) in [5.41, 5.74) is 9.51. The van der Waals surface area contributed by atoms with E-state index in [9.17, 15) is 0 Å². The summed E-state index contributed by atoms with van der Waals surface area (Å²) in [4.78, 5) is 4.19. The van der Waals surface area contributed by atoms with Gasteiger partial charge in [0.05, 0.1) is 0 Å². The Hall–Kier alpha value is -2.03. The normalized spacial score (nSPS) is 14.6. The van der Waals surface area contributed by atoms with Crippen molar-refractivity contribution in [3.8, 4) is 0 Å². The minimum Gasteiger partial charge on any atom is -0.398 e. The van der Waals surface area contributed by atoms with Crippen LogP contribution in [0.25, 0.3) is 10.8 Å². The van der Waals surface area contributed by atoms with Crippen molar-refractivity contribution in [1.29, 1.82) is 0 Å². The lowest BCUT2D eigenvalue weighted by Crippen LogP contribution is -2.03. The SMILES string of the molecule is Nc1ccc(NCCC2=CCCC2)c2cnccc12. The second-order valence-corrected chi connectivity index (χ2v) is 5.05. The summed E-state index contributed by atoms with van der Waals surface area (Å²) in [5, 5.41) is 5.67. The molecule has 3 nitrogen and oxygen atoms in total. The maximum atomic E-state index is 5.99. The van der Waals surface area contributed by atoms with Crippen LogP contribution in [0, 0.1) is 0 Å². The number of nitrogens with one attached hydrogen (secondary N) is 1. The van der Waals surface area contributed by atoms with Gasteiger partial charge in [-0.25, -0.2) is 0 Å². The zero-order chi connectivity index (χ0) is 13.1. The van der Waals surface area contributed by atoms with E-state index < -0.39 is 0 Å². The highest BCUT2D eigenvalue weighted by Gasteiger charge is 2.06. The number of nitrogen functional groups attached to an aromatic ring is 1. The molecule has 98 valence electrons. The van der Waals surface area contributed by atoms with Crippen LogP contribution in [0.5, 0.6) is 0 Å². The van der Waals surface area contributed by atoms with Gasteiger partial charge >= 0.3 is 0 Å². The number of rotatable bonds is 4. The Morgan fingerprint density at radius 2 is 2.16 bits per heavy atom. The zero-order valence-electron chi connectivity index (χ0n) is 11.0.